The molecule has 19 heavy (non-hydrogen) atoms. The Labute approximate surface area is 108 Å². The van der Waals surface area contributed by atoms with Gasteiger partial charge in [0.15, 0.2) is 5.58 Å². The van der Waals surface area contributed by atoms with Crippen molar-refractivity contribution in [1.82, 2.24) is 4.98 Å². The summed E-state index contributed by atoms with van der Waals surface area (Å²) in [6.07, 6.45) is 2.38. The molecule has 0 amide bonds. The van der Waals surface area contributed by atoms with Crippen LogP contribution in [0.2, 0.25) is 0 Å². The second kappa shape index (κ2) is 4.15. The maximum absolute atomic E-state index is 11.2. The molecule has 0 aliphatic heterocycles. The van der Waals surface area contributed by atoms with Crippen molar-refractivity contribution in [2.24, 2.45) is 5.41 Å². The van der Waals surface area contributed by atoms with Crippen LogP contribution in [0.25, 0.3) is 11.1 Å². The normalized spacial score (nSPS) is 17.1. The van der Waals surface area contributed by atoms with Crippen molar-refractivity contribution in [3.05, 3.63) is 28.7 Å². The van der Waals surface area contributed by atoms with E-state index in [4.69, 9.17) is 4.42 Å². The number of nitrogens with one attached hydrogen (secondary N) is 2. The van der Waals surface area contributed by atoms with Gasteiger partial charge >= 0.3 is 11.7 Å². The van der Waals surface area contributed by atoms with Gasteiger partial charge in [0.25, 0.3) is 0 Å². The summed E-state index contributed by atoms with van der Waals surface area (Å²) in [5.74, 6) is -1.24. The first-order valence-corrected chi connectivity index (χ1v) is 6.19. The van der Waals surface area contributed by atoms with Crippen molar-refractivity contribution >= 4 is 22.8 Å². The maximum atomic E-state index is 11.2. The summed E-state index contributed by atoms with van der Waals surface area (Å²) >= 11 is 0. The molecule has 6 nitrogen and oxygen atoms in total. The molecular formula is C13H14N2O4. The smallest absolute Gasteiger partial charge is 0.417 e. The summed E-state index contributed by atoms with van der Waals surface area (Å²) in [6.45, 7) is 0.399. The largest absolute Gasteiger partial charge is 0.481 e. The predicted molar refractivity (Wildman–Crippen MR) is 69.2 cm³/mol. The topological polar surface area (TPSA) is 95.3 Å². The molecule has 1 fully saturated rings. The average molecular weight is 262 g/mol. The van der Waals surface area contributed by atoms with Crippen molar-refractivity contribution in [3.63, 3.8) is 0 Å². The van der Waals surface area contributed by atoms with Gasteiger partial charge in [-0.05, 0) is 31.0 Å². The zero-order valence-electron chi connectivity index (χ0n) is 10.2. The molecule has 1 aliphatic rings. The Morgan fingerprint density at radius 3 is 2.89 bits per heavy atom. The van der Waals surface area contributed by atoms with E-state index in [-0.39, 0.29) is 0 Å². The van der Waals surface area contributed by atoms with Crippen molar-refractivity contribution in [1.29, 1.82) is 0 Å². The number of hydrogen-bond donors (Lipinski definition) is 3. The molecule has 100 valence electrons. The minimum atomic E-state index is -0.746. The molecule has 2 aromatic rings. The van der Waals surface area contributed by atoms with Crippen LogP contribution in [0.3, 0.4) is 0 Å². The van der Waals surface area contributed by atoms with Crippen molar-refractivity contribution in [3.8, 4) is 0 Å². The van der Waals surface area contributed by atoms with Gasteiger partial charge in [-0.3, -0.25) is 9.78 Å². The number of H-pyrrole nitrogens is 1. The molecule has 3 rings (SSSR count). The van der Waals surface area contributed by atoms with Crippen LogP contribution in [0, 0.1) is 5.41 Å². The molecule has 0 bridgehead atoms. The molecule has 0 unspecified atom stereocenters. The van der Waals surface area contributed by atoms with Crippen LogP contribution in [-0.2, 0) is 4.79 Å². The van der Waals surface area contributed by atoms with E-state index in [1.807, 2.05) is 0 Å². The Balaban J connectivity index is 1.78. The summed E-state index contributed by atoms with van der Waals surface area (Å²) in [5, 5.41) is 12.4. The lowest BCUT2D eigenvalue weighted by atomic mass is 9.69. The molecule has 1 aliphatic carbocycles. The first-order chi connectivity index (χ1) is 9.09. The van der Waals surface area contributed by atoms with Gasteiger partial charge in [-0.2, -0.15) is 0 Å². The molecule has 1 aromatic heterocycles. The molecule has 6 heteroatoms. The maximum Gasteiger partial charge on any atom is 0.417 e. The highest BCUT2D eigenvalue weighted by molar-refractivity contribution is 5.78. The monoisotopic (exact) mass is 262 g/mol. The zero-order chi connectivity index (χ0) is 13.5. The molecule has 1 aromatic carbocycles. The molecule has 0 radical (unpaired) electrons. The molecule has 0 spiro atoms. The first kappa shape index (κ1) is 11.8. The van der Waals surface area contributed by atoms with Crippen LogP contribution in [0.4, 0.5) is 5.69 Å². The van der Waals surface area contributed by atoms with E-state index >= 15 is 0 Å². The highest BCUT2D eigenvalue weighted by Gasteiger charge is 2.44. The fraction of sp³-hybridized carbons (Fsp3) is 0.385. The van der Waals surface area contributed by atoms with Gasteiger partial charge in [0, 0.05) is 12.2 Å². The summed E-state index contributed by atoms with van der Waals surface area (Å²) in [7, 11) is 0. The Hall–Kier alpha value is -2.24. The predicted octanol–water partition coefficient (Wildman–Crippen LogP) is 1.79. The number of rotatable bonds is 4. The highest BCUT2D eigenvalue weighted by Crippen LogP contribution is 2.41. The van der Waals surface area contributed by atoms with Gasteiger partial charge in [0.05, 0.1) is 10.9 Å². The third kappa shape index (κ3) is 1.99. The van der Waals surface area contributed by atoms with Crippen LogP contribution >= 0.6 is 0 Å². The minimum Gasteiger partial charge on any atom is -0.481 e. The van der Waals surface area contributed by atoms with E-state index in [2.05, 4.69) is 10.3 Å². The lowest BCUT2D eigenvalue weighted by Crippen LogP contribution is -2.43. The van der Waals surface area contributed by atoms with Crippen LogP contribution in [-0.4, -0.2) is 22.6 Å². The fourth-order valence-electron chi connectivity index (χ4n) is 2.40. The number of aliphatic carboxylic acids is 1. The molecule has 3 N–H and O–H groups in total. The second-order valence-corrected chi connectivity index (χ2v) is 5.02. The highest BCUT2D eigenvalue weighted by atomic mass is 16.4. The van der Waals surface area contributed by atoms with Gasteiger partial charge < -0.3 is 14.8 Å². The van der Waals surface area contributed by atoms with Crippen molar-refractivity contribution in [2.75, 3.05) is 11.9 Å². The van der Waals surface area contributed by atoms with Gasteiger partial charge in [0.2, 0.25) is 0 Å². The quantitative estimate of drug-likeness (QED) is 0.780. The molecule has 0 saturated heterocycles. The van der Waals surface area contributed by atoms with Crippen molar-refractivity contribution in [2.45, 2.75) is 19.3 Å². The third-order valence-electron chi connectivity index (χ3n) is 3.81. The van der Waals surface area contributed by atoms with Crippen molar-refractivity contribution < 1.29 is 14.3 Å². The van der Waals surface area contributed by atoms with E-state index in [0.29, 0.717) is 30.5 Å². The zero-order valence-corrected chi connectivity index (χ0v) is 10.2. The second-order valence-electron chi connectivity index (χ2n) is 5.02. The number of anilines is 1. The van der Waals surface area contributed by atoms with Gasteiger partial charge in [0.1, 0.15) is 0 Å². The number of fused-ring (bicyclic) bond motifs is 1. The van der Waals surface area contributed by atoms with Crippen LogP contribution in [0.1, 0.15) is 19.3 Å². The number of carboxylic acid groups (broad SMARTS) is 1. The van der Waals surface area contributed by atoms with E-state index in [9.17, 15) is 14.7 Å². The number of carbonyl (C=O) groups is 1. The Kier molecular flexibility index (Phi) is 2.58. The Morgan fingerprint density at radius 1 is 1.47 bits per heavy atom. The van der Waals surface area contributed by atoms with Gasteiger partial charge in [-0.25, -0.2) is 4.79 Å². The Bertz CT molecular complexity index is 681. The number of aromatic nitrogens is 1. The SMILES string of the molecule is O=C(O)C1(CNc2ccc3oc(=O)[nH]c3c2)CCC1. The molecule has 1 heterocycles. The fourth-order valence-corrected chi connectivity index (χ4v) is 2.40. The number of hydrogen-bond acceptors (Lipinski definition) is 4. The number of oxazole rings is 1. The average Bonchev–Trinajstić information content (AvgIpc) is 2.66. The molecular weight excluding hydrogens is 248 g/mol. The number of aromatic amines is 1. The number of benzene rings is 1. The molecule has 1 saturated carbocycles. The summed E-state index contributed by atoms with van der Waals surface area (Å²) in [4.78, 5) is 24.8. The lowest BCUT2D eigenvalue weighted by molar-refractivity contribution is -0.153. The van der Waals surface area contributed by atoms with E-state index in [0.717, 1.165) is 12.1 Å². The minimum absolute atomic E-state index is 0.399. The van der Waals surface area contributed by atoms with Gasteiger partial charge in [-0.15, -0.1) is 0 Å². The Morgan fingerprint density at radius 2 is 2.26 bits per heavy atom. The van der Waals surface area contributed by atoms with E-state index in [1.165, 1.54) is 0 Å². The summed E-state index contributed by atoms with van der Waals surface area (Å²) < 4.78 is 4.91. The third-order valence-corrected chi connectivity index (χ3v) is 3.81. The van der Waals surface area contributed by atoms with E-state index in [1.54, 1.807) is 18.2 Å². The van der Waals surface area contributed by atoms with Crippen LogP contribution in [0.5, 0.6) is 0 Å². The first-order valence-electron chi connectivity index (χ1n) is 6.19. The lowest BCUT2D eigenvalue weighted by Gasteiger charge is -2.37. The standard InChI is InChI=1S/C13H14N2O4/c16-11(17)13(4-1-5-13)7-14-8-2-3-10-9(6-8)15-12(18)19-10/h2-3,6,14H,1,4-5,7H2,(H,15,18)(H,16,17). The van der Waals surface area contributed by atoms with Crippen LogP contribution in [0.15, 0.2) is 27.4 Å². The number of carboxylic acids is 1. The molecule has 0 atom stereocenters. The van der Waals surface area contributed by atoms with Gasteiger partial charge in [-0.1, -0.05) is 6.42 Å². The summed E-state index contributed by atoms with van der Waals surface area (Å²) in [6, 6.07) is 5.20. The summed E-state index contributed by atoms with van der Waals surface area (Å²) in [5.41, 5.74) is 1.23. The van der Waals surface area contributed by atoms with Crippen LogP contribution < -0.4 is 11.1 Å². The van der Waals surface area contributed by atoms with E-state index < -0.39 is 17.1 Å².